The van der Waals surface area contributed by atoms with E-state index >= 15 is 0 Å². The summed E-state index contributed by atoms with van der Waals surface area (Å²) < 4.78 is 10.9. The number of rotatable bonds is 5. The Bertz CT molecular complexity index is 676. The molecule has 0 radical (unpaired) electrons. The zero-order valence-electron chi connectivity index (χ0n) is 14.0. The van der Waals surface area contributed by atoms with Gasteiger partial charge in [-0.05, 0) is 19.1 Å². The first-order valence-electron chi connectivity index (χ1n) is 7.38. The minimum absolute atomic E-state index is 0.0427. The van der Waals surface area contributed by atoms with Crippen LogP contribution in [0.3, 0.4) is 0 Å². The molecule has 2 rings (SSSR count). The normalized spacial score (nSPS) is 12.6. The largest absolute Gasteiger partial charge is 0.493 e. The monoisotopic (exact) mass is 334 g/mol. The van der Waals surface area contributed by atoms with Gasteiger partial charge in [-0.3, -0.25) is 10.1 Å². The van der Waals surface area contributed by atoms with E-state index in [2.05, 4.69) is 31.1 Å². The summed E-state index contributed by atoms with van der Waals surface area (Å²) in [6.45, 7) is 7.95. The number of anilines is 1. The fourth-order valence-corrected chi connectivity index (χ4v) is 2.78. The van der Waals surface area contributed by atoms with Crippen LogP contribution in [0.2, 0.25) is 0 Å². The van der Waals surface area contributed by atoms with Gasteiger partial charge in [0, 0.05) is 10.8 Å². The summed E-state index contributed by atoms with van der Waals surface area (Å²) in [5.74, 6) is 0.884. The molecule has 0 saturated heterocycles. The number of nitrogens with zero attached hydrogens (tertiary/aromatic N) is 1. The van der Waals surface area contributed by atoms with Gasteiger partial charge in [-0.2, -0.15) is 0 Å². The SMILES string of the molecule is COc1ccccc1OC(C)C(=O)Nc1nc(C(C)(C)C)cs1. The number of hydrogen-bond acceptors (Lipinski definition) is 5. The van der Waals surface area contributed by atoms with Gasteiger partial charge in [0.15, 0.2) is 22.7 Å². The lowest BCUT2D eigenvalue weighted by Crippen LogP contribution is -2.30. The predicted octanol–water partition coefficient (Wildman–Crippen LogP) is 3.86. The van der Waals surface area contributed by atoms with Crippen molar-refractivity contribution >= 4 is 22.4 Å². The molecule has 1 amide bonds. The number of carbonyl (C=O) groups excluding carboxylic acids is 1. The van der Waals surface area contributed by atoms with Gasteiger partial charge in [0.25, 0.3) is 5.91 Å². The number of methoxy groups -OCH3 is 1. The van der Waals surface area contributed by atoms with Gasteiger partial charge in [0.2, 0.25) is 0 Å². The summed E-state index contributed by atoms with van der Waals surface area (Å²) in [5, 5.41) is 5.33. The number of aromatic nitrogens is 1. The highest BCUT2D eigenvalue weighted by atomic mass is 32.1. The number of amides is 1. The smallest absolute Gasteiger partial charge is 0.266 e. The van der Waals surface area contributed by atoms with Gasteiger partial charge in [0.1, 0.15) is 0 Å². The Morgan fingerprint density at radius 2 is 1.91 bits per heavy atom. The molecule has 0 aliphatic carbocycles. The Morgan fingerprint density at radius 1 is 1.26 bits per heavy atom. The molecule has 0 saturated carbocycles. The molecule has 2 aromatic rings. The third kappa shape index (κ3) is 4.45. The number of carbonyl (C=O) groups is 1. The third-order valence-corrected chi connectivity index (χ3v) is 4.00. The maximum absolute atomic E-state index is 12.3. The average Bonchev–Trinajstić information content (AvgIpc) is 2.96. The van der Waals surface area contributed by atoms with Gasteiger partial charge in [-0.25, -0.2) is 4.98 Å². The number of para-hydroxylation sites is 2. The molecule has 124 valence electrons. The molecule has 1 aromatic heterocycles. The Balaban J connectivity index is 2.01. The van der Waals surface area contributed by atoms with Crippen LogP contribution < -0.4 is 14.8 Å². The molecule has 0 aliphatic rings. The summed E-state index contributed by atoms with van der Waals surface area (Å²) >= 11 is 1.41. The molecular formula is C17H22N2O3S. The van der Waals surface area contributed by atoms with Gasteiger partial charge in [-0.15, -0.1) is 11.3 Å². The summed E-state index contributed by atoms with van der Waals surface area (Å²) in [6.07, 6.45) is -0.659. The van der Waals surface area contributed by atoms with Crippen LogP contribution in [0.1, 0.15) is 33.4 Å². The van der Waals surface area contributed by atoms with E-state index in [0.717, 1.165) is 5.69 Å². The molecule has 6 heteroatoms. The minimum atomic E-state index is -0.659. The van der Waals surface area contributed by atoms with E-state index in [0.29, 0.717) is 16.6 Å². The number of ether oxygens (including phenoxy) is 2. The first kappa shape index (κ1) is 17.3. The van der Waals surface area contributed by atoms with E-state index in [-0.39, 0.29) is 11.3 Å². The second kappa shape index (κ2) is 7.00. The van der Waals surface area contributed by atoms with Crippen molar-refractivity contribution in [3.05, 3.63) is 35.3 Å². The summed E-state index contributed by atoms with van der Waals surface area (Å²) in [7, 11) is 1.57. The van der Waals surface area contributed by atoms with Crippen LogP contribution in [-0.4, -0.2) is 24.1 Å². The quantitative estimate of drug-likeness (QED) is 0.902. The van der Waals surface area contributed by atoms with Crippen LogP contribution in [0.15, 0.2) is 29.6 Å². The Kier molecular flexibility index (Phi) is 5.26. The van der Waals surface area contributed by atoms with E-state index in [1.54, 1.807) is 26.2 Å². The maximum Gasteiger partial charge on any atom is 0.266 e. The molecule has 23 heavy (non-hydrogen) atoms. The lowest BCUT2D eigenvalue weighted by atomic mass is 9.93. The summed E-state index contributed by atoms with van der Waals surface area (Å²) in [6, 6.07) is 7.24. The fraction of sp³-hybridized carbons (Fsp3) is 0.412. The summed E-state index contributed by atoms with van der Waals surface area (Å²) in [5.41, 5.74) is 0.912. The standard InChI is InChI=1S/C17H22N2O3S/c1-11(22-13-9-7-6-8-12(13)21-5)15(20)19-16-18-14(10-23-16)17(2,3)4/h6-11H,1-5H3,(H,18,19,20). The molecule has 0 fully saturated rings. The van der Waals surface area contributed by atoms with Crippen molar-refractivity contribution in [3.8, 4) is 11.5 Å². The number of nitrogens with one attached hydrogen (secondary N) is 1. The Labute approximate surface area is 140 Å². The average molecular weight is 334 g/mol. The van der Waals surface area contributed by atoms with E-state index < -0.39 is 6.10 Å². The van der Waals surface area contributed by atoms with Gasteiger partial charge in [0.05, 0.1) is 12.8 Å². The van der Waals surface area contributed by atoms with Crippen molar-refractivity contribution in [2.75, 3.05) is 12.4 Å². The lowest BCUT2D eigenvalue weighted by Gasteiger charge is -2.16. The van der Waals surface area contributed by atoms with Crippen molar-refractivity contribution in [2.45, 2.75) is 39.2 Å². The van der Waals surface area contributed by atoms with Gasteiger partial charge in [-0.1, -0.05) is 32.9 Å². The van der Waals surface area contributed by atoms with E-state index in [1.165, 1.54) is 11.3 Å². The zero-order valence-corrected chi connectivity index (χ0v) is 14.9. The molecule has 5 nitrogen and oxygen atoms in total. The molecule has 0 bridgehead atoms. The highest BCUT2D eigenvalue weighted by molar-refractivity contribution is 7.13. The van der Waals surface area contributed by atoms with Crippen LogP contribution in [-0.2, 0) is 10.2 Å². The van der Waals surface area contributed by atoms with Gasteiger partial charge >= 0.3 is 0 Å². The molecule has 1 heterocycles. The molecule has 1 N–H and O–H groups in total. The molecule has 0 aliphatic heterocycles. The van der Waals surface area contributed by atoms with Crippen molar-refractivity contribution in [1.82, 2.24) is 4.98 Å². The molecule has 0 spiro atoms. The second-order valence-electron chi connectivity index (χ2n) is 6.19. The van der Waals surface area contributed by atoms with Crippen molar-refractivity contribution < 1.29 is 14.3 Å². The Morgan fingerprint density at radius 3 is 2.48 bits per heavy atom. The minimum Gasteiger partial charge on any atom is -0.493 e. The topological polar surface area (TPSA) is 60.5 Å². The molecule has 1 aromatic carbocycles. The lowest BCUT2D eigenvalue weighted by molar-refractivity contribution is -0.122. The summed E-state index contributed by atoms with van der Waals surface area (Å²) in [4.78, 5) is 16.7. The van der Waals surface area contributed by atoms with Gasteiger partial charge < -0.3 is 9.47 Å². The maximum atomic E-state index is 12.3. The predicted molar refractivity (Wildman–Crippen MR) is 92.5 cm³/mol. The molecular weight excluding hydrogens is 312 g/mol. The second-order valence-corrected chi connectivity index (χ2v) is 7.05. The van der Waals surface area contributed by atoms with Crippen molar-refractivity contribution in [2.24, 2.45) is 0 Å². The van der Waals surface area contributed by atoms with Crippen LogP contribution in [0.25, 0.3) is 0 Å². The first-order valence-corrected chi connectivity index (χ1v) is 8.26. The van der Waals surface area contributed by atoms with Crippen LogP contribution in [0.5, 0.6) is 11.5 Å². The Hall–Kier alpha value is -2.08. The van der Waals surface area contributed by atoms with E-state index in [9.17, 15) is 4.79 Å². The highest BCUT2D eigenvalue weighted by Gasteiger charge is 2.21. The highest BCUT2D eigenvalue weighted by Crippen LogP contribution is 2.28. The van der Waals surface area contributed by atoms with Crippen LogP contribution in [0, 0.1) is 0 Å². The van der Waals surface area contributed by atoms with Crippen LogP contribution >= 0.6 is 11.3 Å². The molecule has 1 unspecified atom stereocenters. The first-order chi connectivity index (χ1) is 10.8. The fourth-order valence-electron chi connectivity index (χ4n) is 1.84. The van der Waals surface area contributed by atoms with E-state index in [4.69, 9.17) is 9.47 Å². The molecule has 1 atom stereocenters. The number of thiazole rings is 1. The van der Waals surface area contributed by atoms with Crippen molar-refractivity contribution in [3.63, 3.8) is 0 Å². The van der Waals surface area contributed by atoms with E-state index in [1.807, 2.05) is 17.5 Å². The third-order valence-electron chi connectivity index (χ3n) is 3.24. The zero-order chi connectivity index (χ0) is 17.0. The number of hydrogen-bond donors (Lipinski definition) is 1. The van der Waals surface area contributed by atoms with Crippen molar-refractivity contribution in [1.29, 1.82) is 0 Å². The van der Waals surface area contributed by atoms with Crippen LogP contribution in [0.4, 0.5) is 5.13 Å². The number of benzene rings is 1.